The average molecular weight is 333 g/mol. The number of ether oxygens (including phenoxy) is 1. The molecule has 0 bridgehead atoms. The maximum atomic E-state index is 12.2. The van der Waals surface area contributed by atoms with Gasteiger partial charge >= 0.3 is 6.03 Å². The minimum absolute atomic E-state index is 0.0842. The number of pyridine rings is 1. The minimum Gasteiger partial charge on any atom is -0.372 e. The van der Waals surface area contributed by atoms with Crippen molar-refractivity contribution in [3.8, 4) is 0 Å². The number of anilines is 2. The third kappa shape index (κ3) is 3.94. The molecule has 2 aliphatic rings. The van der Waals surface area contributed by atoms with Crippen LogP contribution in [0.4, 0.5) is 16.3 Å². The molecule has 0 saturated carbocycles. The van der Waals surface area contributed by atoms with Crippen LogP contribution in [0, 0.1) is 0 Å². The first kappa shape index (κ1) is 16.5. The van der Waals surface area contributed by atoms with Gasteiger partial charge in [0.1, 0.15) is 12.4 Å². The molecule has 1 aromatic rings. The largest absolute Gasteiger partial charge is 0.372 e. The van der Waals surface area contributed by atoms with Gasteiger partial charge in [0.2, 0.25) is 5.91 Å². The molecule has 2 atom stereocenters. The molecule has 2 saturated heterocycles. The van der Waals surface area contributed by atoms with Crippen molar-refractivity contribution in [1.29, 1.82) is 0 Å². The van der Waals surface area contributed by atoms with Crippen LogP contribution in [0.15, 0.2) is 18.3 Å². The lowest BCUT2D eigenvalue weighted by Gasteiger charge is -2.36. The number of nitrogens with zero attached hydrogens (tertiary/aromatic N) is 3. The van der Waals surface area contributed by atoms with Gasteiger partial charge in [-0.1, -0.05) is 0 Å². The third-order valence-corrected chi connectivity index (χ3v) is 4.07. The van der Waals surface area contributed by atoms with Crippen LogP contribution in [0.2, 0.25) is 0 Å². The summed E-state index contributed by atoms with van der Waals surface area (Å²) >= 11 is 0. The van der Waals surface area contributed by atoms with E-state index >= 15 is 0 Å². The highest BCUT2D eigenvalue weighted by molar-refractivity contribution is 5.92. The quantitative estimate of drug-likeness (QED) is 0.830. The van der Waals surface area contributed by atoms with Crippen molar-refractivity contribution in [3.63, 3.8) is 0 Å². The van der Waals surface area contributed by atoms with Crippen LogP contribution in [0.1, 0.15) is 13.8 Å². The third-order valence-electron chi connectivity index (χ3n) is 4.07. The fraction of sp³-hybridized carbons (Fsp3) is 0.562. The summed E-state index contributed by atoms with van der Waals surface area (Å²) in [5.41, 5.74) is 0.615. The molecule has 2 fully saturated rings. The Balaban J connectivity index is 1.60. The van der Waals surface area contributed by atoms with E-state index in [1.165, 1.54) is 4.90 Å². The smallest absolute Gasteiger partial charge is 0.322 e. The van der Waals surface area contributed by atoms with Crippen molar-refractivity contribution in [3.05, 3.63) is 18.3 Å². The van der Waals surface area contributed by atoms with Gasteiger partial charge < -0.3 is 25.2 Å². The zero-order chi connectivity index (χ0) is 17.1. The normalized spacial score (nSPS) is 24.5. The molecule has 0 unspecified atom stereocenters. The van der Waals surface area contributed by atoms with E-state index in [0.29, 0.717) is 18.8 Å². The molecule has 0 spiro atoms. The van der Waals surface area contributed by atoms with E-state index in [2.05, 4.69) is 20.5 Å². The summed E-state index contributed by atoms with van der Waals surface area (Å²) in [5.74, 6) is 0.729. The molecule has 3 amide bonds. The lowest BCUT2D eigenvalue weighted by molar-refractivity contribution is -0.123. The summed E-state index contributed by atoms with van der Waals surface area (Å²) < 4.78 is 5.73. The van der Waals surface area contributed by atoms with Gasteiger partial charge in [0.05, 0.1) is 24.1 Å². The lowest BCUT2D eigenvalue weighted by Crippen LogP contribution is -2.51. The molecule has 24 heavy (non-hydrogen) atoms. The highest BCUT2D eigenvalue weighted by Gasteiger charge is 2.24. The average Bonchev–Trinajstić information content (AvgIpc) is 2.54. The second-order valence-electron chi connectivity index (χ2n) is 6.27. The standard InChI is InChI=1S/C16H23N5O3/c1-11-8-21(9-12(2)24-11)14-4-3-13(7-18-14)19-16(23)20-6-5-17-15(22)10-20/h3-4,7,11-12H,5-6,8-10H2,1-2H3,(H,17,22)(H,19,23)/t11-,12-/m1/s1. The molecule has 3 heterocycles. The van der Waals surface area contributed by atoms with E-state index in [1.54, 1.807) is 6.20 Å². The molecule has 8 heteroatoms. The van der Waals surface area contributed by atoms with Gasteiger partial charge in [-0.15, -0.1) is 0 Å². The number of amides is 3. The SMILES string of the molecule is C[C@@H]1CN(c2ccc(NC(=O)N3CCNC(=O)C3)cn2)C[C@@H](C)O1. The molecule has 130 valence electrons. The van der Waals surface area contributed by atoms with Gasteiger partial charge in [0.25, 0.3) is 0 Å². The first-order valence-corrected chi connectivity index (χ1v) is 8.20. The van der Waals surface area contributed by atoms with Crippen LogP contribution in [0.5, 0.6) is 0 Å². The number of carbonyl (C=O) groups excluding carboxylic acids is 2. The Bertz CT molecular complexity index is 596. The van der Waals surface area contributed by atoms with Crippen LogP contribution >= 0.6 is 0 Å². The second-order valence-corrected chi connectivity index (χ2v) is 6.27. The Kier molecular flexibility index (Phi) is 4.84. The second kappa shape index (κ2) is 7.04. The van der Waals surface area contributed by atoms with Gasteiger partial charge in [0, 0.05) is 26.2 Å². The van der Waals surface area contributed by atoms with Crippen molar-refractivity contribution < 1.29 is 14.3 Å². The number of rotatable bonds is 2. The van der Waals surface area contributed by atoms with E-state index in [4.69, 9.17) is 4.74 Å². The molecular weight excluding hydrogens is 310 g/mol. The Labute approximate surface area is 141 Å². The van der Waals surface area contributed by atoms with Crippen molar-refractivity contribution in [2.45, 2.75) is 26.1 Å². The van der Waals surface area contributed by atoms with Gasteiger partial charge in [0.15, 0.2) is 0 Å². The Hall–Kier alpha value is -2.35. The van der Waals surface area contributed by atoms with Crippen LogP contribution < -0.4 is 15.5 Å². The minimum atomic E-state index is -0.284. The summed E-state index contributed by atoms with van der Waals surface area (Å²) in [5, 5.41) is 5.47. The summed E-state index contributed by atoms with van der Waals surface area (Å²) in [6.45, 7) is 6.76. The number of morpholine rings is 1. The fourth-order valence-electron chi connectivity index (χ4n) is 3.03. The zero-order valence-corrected chi connectivity index (χ0v) is 14.0. The number of carbonyl (C=O) groups is 2. The van der Waals surface area contributed by atoms with Crippen molar-refractivity contribution in [1.82, 2.24) is 15.2 Å². The van der Waals surface area contributed by atoms with Gasteiger partial charge in [-0.3, -0.25) is 4.79 Å². The molecular formula is C16H23N5O3. The lowest BCUT2D eigenvalue weighted by atomic mass is 10.2. The zero-order valence-electron chi connectivity index (χ0n) is 14.0. The summed E-state index contributed by atoms with van der Waals surface area (Å²) in [6, 6.07) is 3.44. The molecule has 3 rings (SSSR count). The first-order chi connectivity index (χ1) is 11.5. The molecule has 0 aliphatic carbocycles. The molecule has 2 N–H and O–H groups in total. The summed E-state index contributed by atoms with van der Waals surface area (Å²) in [6.07, 6.45) is 1.97. The maximum Gasteiger partial charge on any atom is 0.322 e. The number of hydrogen-bond acceptors (Lipinski definition) is 5. The van der Waals surface area contributed by atoms with Crippen molar-refractivity contribution in [2.24, 2.45) is 0 Å². The Morgan fingerprint density at radius 1 is 1.33 bits per heavy atom. The van der Waals surface area contributed by atoms with E-state index in [-0.39, 0.29) is 30.7 Å². The molecule has 8 nitrogen and oxygen atoms in total. The molecule has 0 radical (unpaired) electrons. The molecule has 2 aliphatic heterocycles. The van der Waals surface area contributed by atoms with Gasteiger partial charge in [-0.05, 0) is 26.0 Å². The van der Waals surface area contributed by atoms with Gasteiger partial charge in [-0.2, -0.15) is 0 Å². The predicted molar refractivity (Wildman–Crippen MR) is 90.1 cm³/mol. The Morgan fingerprint density at radius 2 is 2.08 bits per heavy atom. The summed E-state index contributed by atoms with van der Waals surface area (Å²) in [4.78, 5) is 31.6. The van der Waals surface area contributed by atoms with Crippen molar-refractivity contribution >= 4 is 23.4 Å². The Morgan fingerprint density at radius 3 is 2.71 bits per heavy atom. The monoisotopic (exact) mass is 333 g/mol. The number of aromatic nitrogens is 1. The van der Waals surface area contributed by atoms with E-state index in [9.17, 15) is 9.59 Å². The topological polar surface area (TPSA) is 86.8 Å². The van der Waals surface area contributed by atoms with Crippen molar-refractivity contribution in [2.75, 3.05) is 42.9 Å². The van der Waals surface area contributed by atoms with E-state index in [0.717, 1.165) is 18.9 Å². The first-order valence-electron chi connectivity index (χ1n) is 8.20. The van der Waals surface area contributed by atoms with Crippen LogP contribution in [-0.4, -0.2) is 66.8 Å². The highest BCUT2D eigenvalue weighted by atomic mass is 16.5. The summed E-state index contributed by atoms with van der Waals surface area (Å²) in [7, 11) is 0. The fourth-order valence-corrected chi connectivity index (χ4v) is 3.03. The van der Waals surface area contributed by atoms with Crippen LogP contribution in [0.25, 0.3) is 0 Å². The number of piperazine rings is 1. The number of hydrogen-bond donors (Lipinski definition) is 2. The highest BCUT2D eigenvalue weighted by Crippen LogP contribution is 2.19. The van der Waals surface area contributed by atoms with Crippen LogP contribution in [-0.2, 0) is 9.53 Å². The van der Waals surface area contributed by atoms with Crippen LogP contribution in [0.3, 0.4) is 0 Å². The van der Waals surface area contributed by atoms with E-state index < -0.39 is 0 Å². The number of nitrogens with one attached hydrogen (secondary N) is 2. The maximum absolute atomic E-state index is 12.2. The number of urea groups is 1. The molecule has 0 aromatic carbocycles. The van der Waals surface area contributed by atoms with Gasteiger partial charge in [-0.25, -0.2) is 9.78 Å². The molecule has 1 aromatic heterocycles. The predicted octanol–water partition coefficient (Wildman–Crippen LogP) is 0.659. The van der Waals surface area contributed by atoms with E-state index in [1.807, 2.05) is 26.0 Å².